The van der Waals surface area contributed by atoms with Crippen LogP contribution in [0.25, 0.3) is 0 Å². The van der Waals surface area contributed by atoms with E-state index in [1.807, 2.05) is 49.4 Å². The number of nitrogens with one attached hydrogen (secondary N) is 1. The molecule has 0 fully saturated rings. The Hall–Kier alpha value is -1.45. The zero-order valence-electron chi connectivity index (χ0n) is 10.4. The first kappa shape index (κ1) is 13.0. The van der Waals surface area contributed by atoms with E-state index in [0.29, 0.717) is 6.54 Å². The third-order valence-corrected chi connectivity index (χ3v) is 3.89. The van der Waals surface area contributed by atoms with Crippen molar-refractivity contribution in [3.8, 4) is 0 Å². The number of rotatable bonds is 5. The summed E-state index contributed by atoms with van der Waals surface area (Å²) in [6.07, 6.45) is 0.887. The van der Waals surface area contributed by atoms with Gasteiger partial charge in [-0.2, -0.15) is 0 Å². The van der Waals surface area contributed by atoms with Crippen molar-refractivity contribution in [3.63, 3.8) is 0 Å². The zero-order valence-corrected chi connectivity index (χ0v) is 11.2. The van der Waals surface area contributed by atoms with Crippen molar-refractivity contribution < 1.29 is 4.21 Å². The lowest BCUT2D eigenvalue weighted by Crippen LogP contribution is -2.20. The lowest BCUT2D eigenvalue weighted by atomic mass is 10.2. The first-order valence-corrected chi connectivity index (χ1v) is 7.16. The monoisotopic (exact) mass is 259 g/mol. The van der Waals surface area contributed by atoms with Gasteiger partial charge in [-0.3, -0.25) is 0 Å². The van der Waals surface area contributed by atoms with Crippen LogP contribution in [0.3, 0.4) is 0 Å². The Morgan fingerprint density at radius 3 is 2.33 bits per heavy atom. The first-order valence-electron chi connectivity index (χ1n) is 6.01. The van der Waals surface area contributed by atoms with Crippen LogP contribution < -0.4 is 4.72 Å². The lowest BCUT2D eigenvalue weighted by molar-refractivity contribution is 0.671. The van der Waals surface area contributed by atoms with Crippen molar-refractivity contribution in [1.82, 2.24) is 4.72 Å². The molecule has 0 aromatic heterocycles. The molecule has 94 valence electrons. The minimum atomic E-state index is -1.12. The zero-order chi connectivity index (χ0) is 12.8. The first-order chi connectivity index (χ1) is 8.75. The highest BCUT2D eigenvalue weighted by Crippen LogP contribution is 2.06. The maximum absolute atomic E-state index is 11.9. The summed E-state index contributed by atoms with van der Waals surface area (Å²) in [5.74, 6) is 0. The molecular formula is C15H17NOS. The van der Waals surface area contributed by atoms with Crippen LogP contribution >= 0.6 is 0 Å². The predicted octanol–water partition coefficient (Wildman–Crippen LogP) is 2.85. The van der Waals surface area contributed by atoms with Gasteiger partial charge in [0.1, 0.15) is 11.0 Å². The Balaban J connectivity index is 1.84. The van der Waals surface area contributed by atoms with E-state index in [1.165, 1.54) is 11.1 Å². The number of hydrogen-bond acceptors (Lipinski definition) is 1. The normalized spacial score (nSPS) is 12.3. The molecule has 0 amide bonds. The van der Waals surface area contributed by atoms with Crippen molar-refractivity contribution in [2.24, 2.45) is 0 Å². The second-order valence-electron chi connectivity index (χ2n) is 4.21. The molecule has 0 aliphatic carbocycles. The average Bonchev–Trinajstić information content (AvgIpc) is 2.40. The molecule has 0 heterocycles. The van der Waals surface area contributed by atoms with Gasteiger partial charge in [-0.15, -0.1) is 0 Å². The molecule has 0 aliphatic heterocycles. The molecule has 18 heavy (non-hydrogen) atoms. The second kappa shape index (κ2) is 6.47. The molecule has 0 saturated heterocycles. The van der Waals surface area contributed by atoms with Crippen LogP contribution in [-0.2, 0) is 17.4 Å². The summed E-state index contributed by atoms with van der Waals surface area (Å²) in [6.45, 7) is 2.74. The summed E-state index contributed by atoms with van der Waals surface area (Å²) >= 11 is 0. The van der Waals surface area contributed by atoms with Crippen LogP contribution in [0, 0.1) is 6.92 Å². The van der Waals surface area contributed by atoms with Crippen LogP contribution in [0.5, 0.6) is 0 Å². The van der Waals surface area contributed by atoms with Gasteiger partial charge in [0.15, 0.2) is 0 Å². The van der Waals surface area contributed by atoms with E-state index in [2.05, 4.69) is 16.9 Å². The standard InChI is InChI=1S/C15H17NOS/c1-13-7-9-15(10-8-13)18(17)16-12-11-14-5-3-2-4-6-14/h2-10,16H,11-12H2,1H3. The second-order valence-corrected chi connectivity index (χ2v) is 5.51. The number of aryl methyl sites for hydroxylation is 1. The van der Waals surface area contributed by atoms with Crippen LogP contribution in [0.4, 0.5) is 0 Å². The highest BCUT2D eigenvalue weighted by molar-refractivity contribution is 7.83. The Labute approximate surface area is 111 Å². The minimum Gasteiger partial charge on any atom is -0.238 e. The van der Waals surface area contributed by atoms with Crippen LogP contribution in [0.15, 0.2) is 59.5 Å². The smallest absolute Gasteiger partial charge is 0.124 e. The fourth-order valence-electron chi connectivity index (χ4n) is 1.68. The molecule has 0 aliphatic rings. The molecule has 2 aromatic carbocycles. The Bertz CT molecular complexity index is 508. The van der Waals surface area contributed by atoms with E-state index in [0.717, 1.165) is 11.3 Å². The fraction of sp³-hybridized carbons (Fsp3) is 0.200. The van der Waals surface area contributed by atoms with Gasteiger partial charge in [0.25, 0.3) is 0 Å². The Morgan fingerprint density at radius 2 is 1.67 bits per heavy atom. The summed E-state index contributed by atoms with van der Waals surface area (Å²) in [5, 5.41) is 0. The largest absolute Gasteiger partial charge is 0.238 e. The van der Waals surface area contributed by atoms with Crippen molar-refractivity contribution in [1.29, 1.82) is 0 Å². The Morgan fingerprint density at radius 1 is 1.00 bits per heavy atom. The molecule has 2 aromatic rings. The predicted molar refractivity (Wildman–Crippen MR) is 75.7 cm³/mol. The highest BCUT2D eigenvalue weighted by Gasteiger charge is 2.02. The molecule has 0 radical (unpaired) electrons. The maximum atomic E-state index is 11.9. The van der Waals surface area contributed by atoms with E-state index in [-0.39, 0.29) is 0 Å². The van der Waals surface area contributed by atoms with Gasteiger partial charge in [-0.1, -0.05) is 48.0 Å². The molecule has 1 unspecified atom stereocenters. The number of benzene rings is 2. The molecule has 0 spiro atoms. The van der Waals surface area contributed by atoms with Crippen LogP contribution in [0.2, 0.25) is 0 Å². The molecule has 3 heteroatoms. The summed E-state index contributed by atoms with van der Waals surface area (Å²) in [7, 11) is -1.12. The maximum Gasteiger partial charge on any atom is 0.124 e. The molecule has 1 atom stereocenters. The van der Waals surface area contributed by atoms with Gasteiger partial charge >= 0.3 is 0 Å². The molecule has 0 bridgehead atoms. The van der Waals surface area contributed by atoms with Crippen LogP contribution in [0.1, 0.15) is 11.1 Å². The van der Waals surface area contributed by atoms with Gasteiger partial charge in [-0.05, 0) is 31.0 Å². The topological polar surface area (TPSA) is 29.1 Å². The third-order valence-electron chi connectivity index (χ3n) is 2.72. The lowest BCUT2D eigenvalue weighted by Gasteiger charge is -2.05. The molecule has 2 rings (SSSR count). The van der Waals surface area contributed by atoms with Gasteiger partial charge < -0.3 is 0 Å². The highest BCUT2D eigenvalue weighted by atomic mass is 32.2. The van der Waals surface area contributed by atoms with Crippen molar-refractivity contribution in [3.05, 3.63) is 65.7 Å². The van der Waals surface area contributed by atoms with E-state index in [4.69, 9.17) is 0 Å². The third kappa shape index (κ3) is 3.79. The van der Waals surface area contributed by atoms with E-state index >= 15 is 0 Å². The SMILES string of the molecule is Cc1ccc(S(=O)NCCc2ccccc2)cc1. The van der Waals surface area contributed by atoms with Crippen molar-refractivity contribution in [2.45, 2.75) is 18.2 Å². The van der Waals surface area contributed by atoms with E-state index in [1.54, 1.807) is 0 Å². The van der Waals surface area contributed by atoms with Gasteiger partial charge in [-0.25, -0.2) is 8.93 Å². The van der Waals surface area contributed by atoms with E-state index in [9.17, 15) is 4.21 Å². The van der Waals surface area contributed by atoms with E-state index < -0.39 is 11.0 Å². The van der Waals surface area contributed by atoms with Crippen molar-refractivity contribution >= 4 is 11.0 Å². The summed E-state index contributed by atoms with van der Waals surface area (Å²) in [5.41, 5.74) is 2.44. The average molecular weight is 259 g/mol. The summed E-state index contributed by atoms with van der Waals surface area (Å²) in [6, 6.07) is 18.0. The summed E-state index contributed by atoms with van der Waals surface area (Å²) in [4.78, 5) is 0.827. The van der Waals surface area contributed by atoms with Crippen LogP contribution in [-0.4, -0.2) is 10.8 Å². The molecule has 0 saturated carbocycles. The summed E-state index contributed by atoms with van der Waals surface area (Å²) < 4.78 is 15.0. The van der Waals surface area contributed by atoms with Gasteiger partial charge in [0.05, 0.1) is 4.90 Å². The molecule has 1 N–H and O–H groups in total. The fourth-order valence-corrected chi connectivity index (χ4v) is 2.52. The van der Waals surface area contributed by atoms with Gasteiger partial charge in [0.2, 0.25) is 0 Å². The molecule has 2 nitrogen and oxygen atoms in total. The number of hydrogen-bond donors (Lipinski definition) is 1. The van der Waals surface area contributed by atoms with Gasteiger partial charge in [0, 0.05) is 6.54 Å². The Kier molecular flexibility index (Phi) is 4.67. The quantitative estimate of drug-likeness (QED) is 0.879. The molecular weight excluding hydrogens is 242 g/mol. The minimum absolute atomic E-state index is 0.713. The van der Waals surface area contributed by atoms with Crippen molar-refractivity contribution in [2.75, 3.05) is 6.54 Å².